The second kappa shape index (κ2) is 8.88. The van der Waals surface area contributed by atoms with Gasteiger partial charge in [-0.2, -0.15) is 0 Å². The van der Waals surface area contributed by atoms with Gasteiger partial charge in [0.05, 0.1) is 18.3 Å². The standard InChI is InChI=1S/C26H21N3O3S/c1-2-32-19-12-10-18(11-13-19)21-15-33-25-24(21)26(31)29(16-27-25)14-23(30)28-22-9-5-7-17-6-3-4-8-20(17)22/h3-13,15-16H,2,14H2,1H3,(H,28,30). The summed E-state index contributed by atoms with van der Waals surface area (Å²) in [5.41, 5.74) is 2.19. The summed E-state index contributed by atoms with van der Waals surface area (Å²) in [6.07, 6.45) is 1.44. The van der Waals surface area contributed by atoms with Gasteiger partial charge >= 0.3 is 0 Å². The molecule has 0 bridgehead atoms. The van der Waals surface area contributed by atoms with Gasteiger partial charge in [0.25, 0.3) is 5.56 Å². The van der Waals surface area contributed by atoms with Gasteiger partial charge in [0.2, 0.25) is 5.91 Å². The Balaban J connectivity index is 1.44. The molecule has 0 aliphatic rings. The second-order valence-electron chi connectivity index (χ2n) is 7.54. The molecule has 0 aliphatic heterocycles. The summed E-state index contributed by atoms with van der Waals surface area (Å²) < 4.78 is 6.86. The van der Waals surface area contributed by atoms with Crippen LogP contribution >= 0.6 is 11.3 Å². The van der Waals surface area contributed by atoms with Crippen LogP contribution in [0.25, 0.3) is 32.1 Å². The van der Waals surface area contributed by atoms with Crippen molar-refractivity contribution in [2.24, 2.45) is 0 Å². The first kappa shape index (κ1) is 20.9. The number of fused-ring (bicyclic) bond motifs is 2. The Labute approximate surface area is 194 Å². The number of nitrogens with zero attached hydrogens (tertiary/aromatic N) is 2. The zero-order valence-electron chi connectivity index (χ0n) is 17.9. The number of ether oxygens (including phenoxy) is 1. The Morgan fingerprint density at radius 1 is 1.06 bits per heavy atom. The van der Waals surface area contributed by atoms with Crippen LogP contribution in [-0.2, 0) is 11.3 Å². The highest BCUT2D eigenvalue weighted by molar-refractivity contribution is 7.17. The minimum atomic E-state index is -0.285. The lowest BCUT2D eigenvalue weighted by Crippen LogP contribution is -2.27. The van der Waals surface area contributed by atoms with Crippen molar-refractivity contribution in [3.63, 3.8) is 0 Å². The zero-order chi connectivity index (χ0) is 22.8. The Bertz CT molecular complexity index is 1510. The maximum atomic E-state index is 13.3. The molecule has 2 aromatic heterocycles. The summed E-state index contributed by atoms with van der Waals surface area (Å²) in [6.45, 7) is 2.41. The van der Waals surface area contributed by atoms with Gasteiger partial charge in [0.15, 0.2) is 0 Å². The molecule has 5 aromatic rings. The maximum absolute atomic E-state index is 13.3. The second-order valence-corrected chi connectivity index (χ2v) is 8.40. The Morgan fingerprint density at radius 2 is 1.85 bits per heavy atom. The molecule has 164 valence electrons. The first-order valence-corrected chi connectivity index (χ1v) is 11.5. The summed E-state index contributed by atoms with van der Waals surface area (Å²) in [5, 5.41) is 7.36. The highest BCUT2D eigenvalue weighted by Crippen LogP contribution is 2.31. The average Bonchev–Trinajstić information content (AvgIpc) is 3.27. The number of carbonyl (C=O) groups excluding carboxylic acids is 1. The fourth-order valence-corrected chi connectivity index (χ4v) is 4.78. The molecule has 0 unspecified atom stereocenters. The minimum absolute atomic E-state index is 0.121. The highest BCUT2D eigenvalue weighted by Gasteiger charge is 2.15. The molecule has 1 amide bonds. The van der Waals surface area contributed by atoms with E-state index in [1.165, 1.54) is 22.2 Å². The Morgan fingerprint density at radius 3 is 2.67 bits per heavy atom. The SMILES string of the molecule is CCOc1ccc(-c2csc3ncn(CC(=O)Nc4cccc5ccccc45)c(=O)c23)cc1. The van der Waals surface area contributed by atoms with Crippen LogP contribution in [0.1, 0.15) is 6.92 Å². The lowest BCUT2D eigenvalue weighted by atomic mass is 10.1. The van der Waals surface area contributed by atoms with Crippen molar-refractivity contribution in [1.82, 2.24) is 9.55 Å². The molecule has 0 atom stereocenters. The van der Waals surface area contributed by atoms with E-state index in [1.54, 1.807) is 0 Å². The van der Waals surface area contributed by atoms with Crippen molar-refractivity contribution in [2.75, 3.05) is 11.9 Å². The fraction of sp³-hybridized carbons (Fsp3) is 0.115. The summed E-state index contributed by atoms with van der Waals surface area (Å²) in [4.78, 5) is 31.1. The van der Waals surface area contributed by atoms with Gasteiger partial charge in [-0.05, 0) is 36.1 Å². The number of benzene rings is 3. The van der Waals surface area contributed by atoms with Gasteiger partial charge in [0, 0.05) is 22.0 Å². The fourth-order valence-electron chi connectivity index (χ4n) is 3.87. The van der Waals surface area contributed by atoms with Gasteiger partial charge in [-0.15, -0.1) is 11.3 Å². The number of anilines is 1. The van der Waals surface area contributed by atoms with Gasteiger partial charge in [0.1, 0.15) is 17.1 Å². The molecule has 0 radical (unpaired) electrons. The lowest BCUT2D eigenvalue weighted by Gasteiger charge is -2.10. The van der Waals surface area contributed by atoms with Gasteiger partial charge in [-0.3, -0.25) is 14.2 Å². The number of rotatable bonds is 6. The van der Waals surface area contributed by atoms with Crippen molar-refractivity contribution in [2.45, 2.75) is 13.5 Å². The molecule has 33 heavy (non-hydrogen) atoms. The van der Waals surface area contributed by atoms with Crippen LogP contribution in [-0.4, -0.2) is 22.1 Å². The van der Waals surface area contributed by atoms with E-state index in [0.29, 0.717) is 22.5 Å². The minimum Gasteiger partial charge on any atom is -0.494 e. The molecule has 0 aliphatic carbocycles. The predicted molar refractivity (Wildman–Crippen MR) is 133 cm³/mol. The molecule has 7 heteroatoms. The van der Waals surface area contributed by atoms with Crippen molar-refractivity contribution in [3.8, 4) is 16.9 Å². The van der Waals surface area contributed by atoms with E-state index in [1.807, 2.05) is 79.0 Å². The number of hydrogen-bond acceptors (Lipinski definition) is 5. The van der Waals surface area contributed by atoms with E-state index in [9.17, 15) is 9.59 Å². The van der Waals surface area contributed by atoms with Crippen LogP contribution < -0.4 is 15.6 Å². The third-order valence-corrected chi connectivity index (χ3v) is 6.30. The summed E-state index contributed by atoms with van der Waals surface area (Å²) in [6, 6.07) is 21.2. The molecule has 0 spiro atoms. The molecule has 6 nitrogen and oxygen atoms in total. The number of amides is 1. The van der Waals surface area contributed by atoms with Crippen LogP contribution in [0.15, 0.2) is 83.2 Å². The summed E-state index contributed by atoms with van der Waals surface area (Å²) >= 11 is 1.41. The Hall–Kier alpha value is -3.97. The lowest BCUT2D eigenvalue weighted by molar-refractivity contribution is -0.116. The van der Waals surface area contributed by atoms with Gasteiger partial charge in [-0.1, -0.05) is 48.5 Å². The van der Waals surface area contributed by atoms with Crippen LogP contribution in [0.3, 0.4) is 0 Å². The molecule has 3 aromatic carbocycles. The van der Waals surface area contributed by atoms with Crippen molar-refractivity contribution >= 4 is 43.9 Å². The molecule has 1 N–H and O–H groups in total. The highest BCUT2D eigenvalue weighted by atomic mass is 32.1. The monoisotopic (exact) mass is 455 g/mol. The number of nitrogens with one attached hydrogen (secondary N) is 1. The normalized spacial score (nSPS) is 11.1. The van der Waals surface area contributed by atoms with Crippen molar-refractivity contribution < 1.29 is 9.53 Å². The molecule has 5 rings (SSSR count). The Kier molecular flexibility index (Phi) is 5.62. The van der Waals surface area contributed by atoms with E-state index >= 15 is 0 Å². The summed E-state index contributed by atoms with van der Waals surface area (Å²) in [5.74, 6) is 0.494. The van der Waals surface area contributed by atoms with Crippen LogP contribution in [0.5, 0.6) is 5.75 Å². The van der Waals surface area contributed by atoms with E-state index in [2.05, 4.69) is 10.3 Å². The van der Waals surface area contributed by atoms with Gasteiger partial charge < -0.3 is 10.1 Å². The van der Waals surface area contributed by atoms with Crippen LogP contribution in [0, 0.1) is 0 Å². The number of carbonyl (C=O) groups is 1. The maximum Gasteiger partial charge on any atom is 0.263 e. The topological polar surface area (TPSA) is 73.2 Å². The van der Waals surface area contributed by atoms with E-state index < -0.39 is 0 Å². The number of hydrogen-bond donors (Lipinski definition) is 1. The molecular weight excluding hydrogens is 434 g/mol. The smallest absolute Gasteiger partial charge is 0.263 e. The molecular formula is C26H21N3O3S. The third kappa shape index (κ3) is 4.10. The van der Waals surface area contributed by atoms with Crippen molar-refractivity contribution in [1.29, 1.82) is 0 Å². The largest absolute Gasteiger partial charge is 0.494 e. The van der Waals surface area contributed by atoms with Gasteiger partial charge in [-0.25, -0.2) is 4.98 Å². The predicted octanol–water partition coefficient (Wildman–Crippen LogP) is 5.32. The molecule has 0 saturated heterocycles. The average molecular weight is 456 g/mol. The first-order valence-electron chi connectivity index (χ1n) is 10.6. The number of thiophene rings is 1. The van der Waals surface area contributed by atoms with Crippen molar-refractivity contribution in [3.05, 3.63) is 88.8 Å². The third-order valence-electron chi connectivity index (χ3n) is 5.41. The van der Waals surface area contributed by atoms with E-state index in [4.69, 9.17) is 4.74 Å². The first-order chi connectivity index (χ1) is 16.1. The quantitative estimate of drug-likeness (QED) is 0.376. The molecule has 2 heterocycles. The number of aromatic nitrogens is 2. The van der Waals surface area contributed by atoms with Crippen LogP contribution in [0.4, 0.5) is 5.69 Å². The van der Waals surface area contributed by atoms with E-state index in [0.717, 1.165) is 27.6 Å². The molecule has 0 fully saturated rings. The zero-order valence-corrected chi connectivity index (χ0v) is 18.8. The van der Waals surface area contributed by atoms with E-state index in [-0.39, 0.29) is 18.0 Å². The van der Waals surface area contributed by atoms with Crippen LogP contribution in [0.2, 0.25) is 0 Å². The molecule has 0 saturated carbocycles. The summed E-state index contributed by atoms with van der Waals surface area (Å²) in [7, 11) is 0.